The minimum Gasteiger partial charge on any atom is -0.480 e. The molecular weight excluding hydrogens is 1290 g/mol. The summed E-state index contributed by atoms with van der Waals surface area (Å²) in [5, 5.41) is 24.9. The van der Waals surface area contributed by atoms with Gasteiger partial charge in [-0.1, -0.05) is 206 Å². The number of carboxylic acids is 1. The molecule has 2 aromatic rings. The predicted octanol–water partition coefficient (Wildman–Crippen LogP) is 15.9. The third-order valence-corrected chi connectivity index (χ3v) is 25.6. The molecule has 21 heteroatoms. The van der Waals surface area contributed by atoms with Crippen molar-refractivity contribution in [2.24, 2.45) is 5.92 Å². The van der Waals surface area contributed by atoms with Crippen molar-refractivity contribution in [3.63, 3.8) is 0 Å². The molecule has 4 amide bonds. The van der Waals surface area contributed by atoms with Crippen molar-refractivity contribution < 1.29 is 67.1 Å². The van der Waals surface area contributed by atoms with Crippen LogP contribution in [-0.2, 0) is 37.8 Å². The smallest absolute Gasteiger partial charge is 0.329 e. The summed E-state index contributed by atoms with van der Waals surface area (Å²) in [6, 6.07) is 14.4. The lowest BCUT2D eigenvalue weighted by atomic mass is 9.99. The topological polar surface area (TPSA) is 229 Å². The van der Waals surface area contributed by atoms with E-state index in [0.717, 1.165) is 115 Å². The van der Waals surface area contributed by atoms with E-state index in [0.29, 0.717) is 55.1 Å². The van der Waals surface area contributed by atoms with E-state index in [9.17, 15) is 39.0 Å². The van der Waals surface area contributed by atoms with Gasteiger partial charge in [0.25, 0.3) is 11.8 Å². The first-order valence-corrected chi connectivity index (χ1v) is 46.5. The number of carboxylic acid groups (broad SMARTS) is 1. The molecule has 18 nitrogen and oxygen atoms in total. The van der Waals surface area contributed by atoms with Gasteiger partial charge < -0.3 is 58.8 Å². The molecular formula is C77H126N4O14Si3. The number of terminal acetylenes is 2. The summed E-state index contributed by atoms with van der Waals surface area (Å²) < 4.78 is 35.1. The van der Waals surface area contributed by atoms with Crippen molar-refractivity contribution in [3.05, 3.63) is 84.2 Å². The van der Waals surface area contributed by atoms with Crippen LogP contribution in [-0.4, -0.2) is 150 Å². The van der Waals surface area contributed by atoms with Gasteiger partial charge in [-0.05, 0) is 119 Å². The van der Waals surface area contributed by atoms with Gasteiger partial charge in [0.1, 0.15) is 35.8 Å². The van der Waals surface area contributed by atoms with Crippen LogP contribution in [0, 0.1) is 30.6 Å². The van der Waals surface area contributed by atoms with Crippen LogP contribution in [0.15, 0.2) is 73.1 Å². The van der Waals surface area contributed by atoms with Crippen LogP contribution in [0.1, 0.15) is 204 Å². The molecule has 0 saturated carbocycles. The Morgan fingerprint density at radius 3 is 1.46 bits per heavy atom. The molecule has 0 fully saturated rings. The number of carbonyl (C=O) groups is 6. The van der Waals surface area contributed by atoms with Gasteiger partial charge in [-0.25, -0.2) is 9.59 Å². The number of nitrogens with zero attached hydrogens (tertiary/aromatic N) is 2. The Morgan fingerprint density at radius 1 is 0.592 bits per heavy atom. The molecule has 2 aromatic carbocycles. The van der Waals surface area contributed by atoms with Crippen LogP contribution in [0.2, 0.25) is 69.5 Å². The summed E-state index contributed by atoms with van der Waals surface area (Å²) in [7, 11) is -4.40. The third kappa shape index (κ3) is 36.3. The average Bonchev–Trinajstić information content (AvgIpc) is 0.980. The fraction of sp³-hybridized carbons (Fsp3) is 0.662. The zero-order chi connectivity index (χ0) is 73.2. The Kier molecular flexibility index (Phi) is 43.0. The van der Waals surface area contributed by atoms with E-state index >= 15 is 0 Å². The molecule has 0 aliphatic carbocycles. The Morgan fingerprint density at radius 2 is 1.01 bits per heavy atom. The number of unbranched alkanes of at least 4 members (excludes halogenated alkanes) is 10. The van der Waals surface area contributed by atoms with Crippen LogP contribution in [0.25, 0.3) is 0 Å². The number of amides is 4. The number of para-hydroxylation sites is 2. The standard InChI is InChI=1S/C36H56N2O6Si.C23H45NO3Si.C18H25NO5Si/c1-7-9-10-13-19-30(20-14-11-12-18-29(3)34(39)37-24-8-2)44-36(41)32-22-17-25-38(32)35(40)31-21-15-16-23-33(31)43-28-42-26-27-45(4,5)6;1-8-10-11-13-16-20(25)17-14-12-15-18-21(22(26)24-19-9-2)27-28(6,7)23(3,4)5;1-25(2,3)12-11-23-13-24-16-9-5-4-7-14(16)17(20)19-10-6-8-15(19)18(21)22/h2,15-17,21,23,25,29-30,32H,7,9-14,18-20,22,24,26-28H2,1,3-6H3,(H,37,39);2,20-21,25H,8,10-19H2,1,3-7H3,(H,24,26);4-7,9-10,15H,8,11-13H2,1-3H3,(H,21,22)/t29-,30-,32+;20-,21-;15-/m110/s1. The number of benzene rings is 2. The van der Waals surface area contributed by atoms with Gasteiger partial charge in [0.05, 0.1) is 30.3 Å². The van der Waals surface area contributed by atoms with E-state index in [1.165, 1.54) is 35.3 Å². The van der Waals surface area contributed by atoms with E-state index < -0.39 is 48.6 Å². The molecule has 6 atom stereocenters. The number of aliphatic hydroxyl groups is 1. The molecule has 0 spiro atoms. The van der Waals surface area contributed by atoms with Gasteiger partial charge in [0, 0.05) is 47.7 Å². The number of aliphatic carboxylic acids is 1. The van der Waals surface area contributed by atoms with Crippen molar-refractivity contribution in [3.8, 4) is 36.2 Å². The highest BCUT2D eigenvalue weighted by molar-refractivity contribution is 6.76. The zero-order valence-electron chi connectivity index (χ0n) is 62.4. The van der Waals surface area contributed by atoms with Crippen LogP contribution < -0.4 is 20.1 Å². The van der Waals surface area contributed by atoms with E-state index in [-0.39, 0.29) is 79.4 Å². The monoisotopic (exact) mass is 1410 g/mol. The lowest BCUT2D eigenvalue weighted by Crippen LogP contribution is -2.48. The summed E-state index contributed by atoms with van der Waals surface area (Å²) in [5.41, 5.74) is 0.711. The number of hydrogen-bond donors (Lipinski definition) is 4. The summed E-state index contributed by atoms with van der Waals surface area (Å²) >= 11 is 0. The molecule has 2 aliphatic rings. The van der Waals surface area contributed by atoms with Gasteiger partial charge in [0.2, 0.25) is 11.8 Å². The molecule has 2 heterocycles. The maximum Gasteiger partial charge on any atom is 0.329 e. The molecule has 0 unspecified atom stereocenters. The molecule has 550 valence electrons. The molecule has 4 N–H and O–H groups in total. The highest BCUT2D eigenvalue weighted by Crippen LogP contribution is 2.38. The molecule has 0 saturated heterocycles. The summed E-state index contributed by atoms with van der Waals surface area (Å²) in [6.45, 7) is 32.7. The second-order valence-electron chi connectivity index (χ2n) is 29.8. The van der Waals surface area contributed by atoms with Gasteiger partial charge in [-0.3, -0.25) is 19.2 Å². The largest absolute Gasteiger partial charge is 0.480 e. The first-order valence-electron chi connectivity index (χ1n) is 36.2. The predicted molar refractivity (Wildman–Crippen MR) is 402 cm³/mol. The second-order valence-corrected chi connectivity index (χ2v) is 45.8. The van der Waals surface area contributed by atoms with E-state index in [1.807, 2.05) is 19.1 Å². The maximum atomic E-state index is 13.7. The number of aliphatic hydroxyl groups excluding tert-OH is 1. The number of esters is 1. The van der Waals surface area contributed by atoms with E-state index in [1.54, 1.807) is 54.7 Å². The minimum atomic E-state index is -2.03. The van der Waals surface area contributed by atoms with E-state index in [2.05, 4.69) is 109 Å². The van der Waals surface area contributed by atoms with Crippen molar-refractivity contribution in [1.29, 1.82) is 0 Å². The third-order valence-electron chi connectivity index (χ3n) is 17.7. The van der Waals surface area contributed by atoms with Crippen molar-refractivity contribution >= 4 is 60.0 Å². The van der Waals surface area contributed by atoms with E-state index in [4.69, 9.17) is 41.0 Å². The highest BCUT2D eigenvalue weighted by Gasteiger charge is 2.41. The summed E-state index contributed by atoms with van der Waals surface area (Å²) in [4.78, 5) is 78.4. The molecule has 98 heavy (non-hydrogen) atoms. The lowest BCUT2D eigenvalue weighted by molar-refractivity contribution is -0.154. The Balaban J connectivity index is 0.000000531. The Hall–Kier alpha value is -6.05. The molecule has 0 radical (unpaired) electrons. The Labute approximate surface area is 593 Å². The number of ether oxygens (including phenoxy) is 5. The lowest BCUT2D eigenvalue weighted by Gasteiger charge is -2.38. The quantitative estimate of drug-likeness (QED) is 0.0159. The minimum absolute atomic E-state index is 0.0140. The number of rotatable bonds is 45. The van der Waals surface area contributed by atoms with Crippen molar-refractivity contribution in [2.75, 3.05) is 39.9 Å². The fourth-order valence-electron chi connectivity index (χ4n) is 10.4. The number of nitrogens with one attached hydrogen (secondary N) is 2. The van der Waals surface area contributed by atoms with Crippen LogP contribution in [0.5, 0.6) is 11.5 Å². The number of carbonyl (C=O) groups excluding carboxylic acids is 5. The SMILES string of the molecule is C#CCNC(=O)[C@@H](CCCCC[C@H](O)CCCCCC)O[Si](C)(C)C(C)(C)C.C#CCNC(=O)[C@H](C)CCCCC[C@@H](CCCCCC)OC(=O)[C@@H]1CC=CN1C(=O)c1ccccc1OCOCC[Si](C)(C)C.C[Si](C)(C)CCOCOc1ccccc1C(=O)N1C=CC[C@H]1C(=O)O. The fourth-order valence-corrected chi connectivity index (χ4v) is 13.2. The first-order chi connectivity index (χ1) is 46.4. The van der Waals surface area contributed by atoms with Gasteiger partial charge in [-0.2, -0.15) is 0 Å². The second kappa shape index (κ2) is 47.9. The molecule has 0 aromatic heterocycles. The van der Waals surface area contributed by atoms with Crippen LogP contribution >= 0.6 is 0 Å². The average molecular weight is 1420 g/mol. The zero-order valence-corrected chi connectivity index (χ0v) is 65.4. The summed E-state index contributed by atoms with van der Waals surface area (Å²) in [6.07, 6.45) is 36.8. The van der Waals surface area contributed by atoms with Gasteiger partial charge >= 0.3 is 11.9 Å². The van der Waals surface area contributed by atoms with Gasteiger partial charge in [-0.15, -0.1) is 12.8 Å². The molecule has 4 rings (SSSR count). The molecule has 0 bridgehead atoms. The van der Waals surface area contributed by atoms with Crippen molar-refractivity contribution in [1.82, 2.24) is 20.4 Å². The normalized spacial score (nSPS) is 15.6. The number of hydrogen-bond acceptors (Lipinski definition) is 13. The Bertz CT molecular complexity index is 2820. The highest BCUT2D eigenvalue weighted by atomic mass is 28.4. The van der Waals surface area contributed by atoms with Gasteiger partial charge in [0.15, 0.2) is 21.9 Å². The van der Waals surface area contributed by atoms with Crippen molar-refractivity contribution in [2.45, 2.75) is 283 Å². The first kappa shape index (κ1) is 88.0. The van der Waals surface area contributed by atoms with Crippen LogP contribution in [0.4, 0.5) is 0 Å². The summed E-state index contributed by atoms with van der Waals surface area (Å²) in [5.74, 6) is 3.42. The maximum absolute atomic E-state index is 13.7. The van der Waals surface area contributed by atoms with Crippen LogP contribution in [0.3, 0.4) is 0 Å². The molecule has 2 aliphatic heterocycles.